The summed E-state index contributed by atoms with van der Waals surface area (Å²) in [6.45, 7) is 2.08. The van der Waals surface area contributed by atoms with E-state index < -0.39 is 0 Å². The zero-order chi connectivity index (χ0) is 13.2. The van der Waals surface area contributed by atoms with Gasteiger partial charge in [0, 0.05) is 0 Å². The minimum Gasteiger partial charge on any atom is -0.367 e. The topological polar surface area (TPSA) is 52.0 Å². The van der Waals surface area contributed by atoms with E-state index in [2.05, 4.69) is 36.3 Å². The molecule has 2 aromatic rings. The number of hydrogen-bond acceptors (Lipinski definition) is 3. The maximum atomic E-state index is 5.96. The van der Waals surface area contributed by atoms with E-state index in [-0.39, 0.29) is 0 Å². The number of aromatic nitrogens is 1. The standard InChI is InChI=1S/C16H20N2O/c1-11-6-8-13(9-7-11)15-14(18-19-16(15)17)10-12-4-2-3-5-12/h6-9,12H,2-5,10,17H2,1H3. The Bertz CT molecular complexity index is 551. The second kappa shape index (κ2) is 5.08. The molecule has 1 aromatic heterocycles. The molecule has 0 bridgehead atoms. The first-order valence-corrected chi connectivity index (χ1v) is 7.05. The molecule has 0 radical (unpaired) electrons. The van der Waals surface area contributed by atoms with Crippen molar-refractivity contribution in [1.29, 1.82) is 0 Å². The Morgan fingerprint density at radius 2 is 1.89 bits per heavy atom. The summed E-state index contributed by atoms with van der Waals surface area (Å²) in [6.07, 6.45) is 6.29. The predicted octanol–water partition coefficient (Wildman–Crippen LogP) is 3.96. The zero-order valence-corrected chi connectivity index (χ0v) is 11.4. The van der Waals surface area contributed by atoms with Crippen LogP contribution in [0.2, 0.25) is 0 Å². The molecule has 1 aromatic carbocycles. The van der Waals surface area contributed by atoms with Crippen molar-refractivity contribution in [2.24, 2.45) is 5.92 Å². The van der Waals surface area contributed by atoms with Gasteiger partial charge in [-0.1, -0.05) is 60.7 Å². The lowest BCUT2D eigenvalue weighted by molar-refractivity contribution is 0.417. The van der Waals surface area contributed by atoms with E-state index in [0.29, 0.717) is 5.88 Å². The molecule has 2 N–H and O–H groups in total. The van der Waals surface area contributed by atoms with Gasteiger partial charge in [-0.3, -0.25) is 0 Å². The normalized spacial score (nSPS) is 16.1. The number of nitrogen functional groups attached to an aromatic ring is 1. The highest BCUT2D eigenvalue weighted by Crippen LogP contribution is 2.34. The third kappa shape index (κ3) is 2.50. The van der Waals surface area contributed by atoms with Crippen molar-refractivity contribution in [3.05, 3.63) is 35.5 Å². The van der Waals surface area contributed by atoms with Gasteiger partial charge in [-0.25, -0.2) is 0 Å². The third-order valence-corrected chi connectivity index (χ3v) is 4.09. The number of anilines is 1. The van der Waals surface area contributed by atoms with Crippen LogP contribution in [0.25, 0.3) is 11.1 Å². The molecule has 1 aliphatic carbocycles. The summed E-state index contributed by atoms with van der Waals surface area (Å²) in [5, 5.41) is 4.18. The summed E-state index contributed by atoms with van der Waals surface area (Å²) in [5.41, 5.74) is 10.3. The molecular formula is C16H20N2O. The van der Waals surface area contributed by atoms with Crippen molar-refractivity contribution in [2.45, 2.75) is 39.0 Å². The van der Waals surface area contributed by atoms with Crippen LogP contribution >= 0.6 is 0 Å². The van der Waals surface area contributed by atoms with Crippen LogP contribution in [0.15, 0.2) is 28.8 Å². The third-order valence-electron chi connectivity index (χ3n) is 4.09. The number of nitrogens with two attached hydrogens (primary N) is 1. The van der Waals surface area contributed by atoms with Crippen molar-refractivity contribution in [2.75, 3.05) is 5.73 Å². The van der Waals surface area contributed by atoms with Crippen molar-refractivity contribution in [3.8, 4) is 11.1 Å². The van der Waals surface area contributed by atoms with E-state index in [1.54, 1.807) is 0 Å². The van der Waals surface area contributed by atoms with Gasteiger partial charge in [0.05, 0.1) is 11.3 Å². The molecule has 0 atom stereocenters. The smallest absolute Gasteiger partial charge is 0.230 e. The second-order valence-corrected chi connectivity index (χ2v) is 5.59. The Balaban J connectivity index is 1.91. The van der Waals surface area contributed by atoms with Gasteiger partial charge in [0.1, 0.15) is 0 Å². The Hall–Kier alpha value is -1.77. The lowest BCUT2D eigenvalue weighted by atomic mass is 9.96. The lowest BCUT2D eigenvalue weighted by Gasteiger charge is -2.08. The number of aryl methyl sites for hydroxylation is 1. The van der Waals surface area contributed by atoms with Gasteiger partial charge < -0.3 is 10.3 Å². The first-order chi connectivity index (χ1) is 9.24. The van der Waals surface area contributed by atoms with E-state index in [9.17, 15) is 0 Å². The Labute approximate surface area is 113 Å². The van der Waals surface area contributed by atoms with Gasteiger partial charge in [-0.05, 0) is 24.8 Å². The number of benzene rings is 1. The van der Waals surface area contributed by atoms with Crippen molar-refractivity contribution in [3.63, 3.8) is 0 Å². The molecule has 0 aliphatic heterocycles. The van der Waals surface area contributed by atoms with E-state index >= 15 is 0 Å². The van der Waals surface area contributed by atoms with Crippen molar-refractivity contribution in [1.82, 2.24) is 5.16 Å². The van der Waals surface area contributed by atoms with Gasteiger partial charge in [-0.2, -0.15) is 0 Å². The molecule has 0 saturated heterocycles. The summed E-state index contributed by atoms with van der Waals surface area (Å²) in [7, 11) is 0. The van der Waals surface area contributed by atoms with Crippen LogP contribution in [0.1, 0.15) is 36.9 Å². The molecule has 3 heteroatoms. The van der Waals surface area contributed by atoms with Crippen LogP contribution in [0.3, 0.4) is 0 Å². The average Bonchev–Trinajstić information content (AvgIpc) is 3.02. The number of hydrogen-bond donors (Lipinski definition) is 1. The van der Waals surface area contributed by atoms with Crippen LogP contribution < -0.4 is 5.73 Å². The highest BCUT2D eigenvalue weighted by molar-refractivity contribution is 5.75. The molecule has 3 rings (SSSR count). The summed E-state index contributed by atoms with van der Waals surface area (Å²) >= 11 is 0. The van der Waals surface area contributed by atoms with Crippen LogP contribution in [0, 0.1) is 12.8 Å². The molecule has 100 valence electrons. The molecule has 3 nitrogen and oxygen atoms in total. The predicted molar refractivity (Wildman–Crippen MR) is 76.8 cm³/mol. The van der Waals surface area contributed by atoms with Gasteiger partial charge in [0.25, 0.3) is 0 Å². The largest absolute Gasteiger partial charge is 0.367 e. The average molecular weight is 256 g/mol. The van der Waals surface area contributed by atoms with Crippen molar-refractivity contribution < 1.29 is 4.52 Å². The van der Waals surface area contributed by atoms with E-state index in [0.717, 1.165) is 29.2 Å². The van der Waals surface area contributed by atoms with Crippen LogP contribution in [-0.4, -0.2) is 5.16 Å². The Morgan fingerprint density at radius 1 is 1.21 bits per heavy atom. The van der Waals surface area contributed by atoms with Gasteiger partial charge in [0.15, 0.2) is 0 Å². The fourth-order valence-electron chi connectivity index (χ4n) is 2.99. The first-order valence-electron chi connectivity index (χ1n) is 7.05. The molecule has 0 amide bonds. The number of nitrogens with zero attached hydrogens (tertiary/aromatic N) is 1. The lowest BCUT2D eigenvalue weighted by Crippen LogP contribution is -2.01. The van der Waals surface area contributed by atoms with Gasteiger partial charge >= 0.3 is 0 Å². The fraction of sp³-hybridized carbons (Fsp3) is 0.438. The molecule has 0 unspecified atom stereocenters. The summed E-state index contributed by atoms with van der Waals surface area (Å²) < 4.78 is 5.22. The molecule has 1 heterocycles. The van der Waals surface area contributed by atoms with Crippen LogP contribution in [0.5, 0.6) is 0 Å². The van der Waals surface area contributed by atoms with Crippen LogP contribution in [-0.2, 0) is 6.42 Å². The zero-order valence-electron chi connectivity index (χ0n) is 11.4. The molecule has 19 heavy (non-hydrogen) atoms. The van der Waals surface area contributed by atoms with Crippen LogP contribution in [0.4, 0.5) is 5.88 Å². The SMILES string of the molecule is Cc1ccc(-c2c(CC3CCCC3)noc2N)cc1. The monoisotopic (exact) mass is 256 g/mol. The summed E-state index contributed by atoms with van der Waals surface area (Å²) in [4.78, 5) is 0. The molecule has 1 saturated carbocycles. The number of rotatable bonds is 3. The maximum absolute atomic E-state index is 5.96. The molecule has 1 fully saturated rings. The van der Waals surface area contributed by atoms with E-state index in [4.69, 9.17) is 10.3 Å². The molecular weight excluding hydrogens is 236 g/mol. The maximum Gasteiger partial charge on any atom is 0.230 e. The second-order valence-electron chi connectivity index (χ2n) is 5.59. The quantitative estimate of drug-likeness (QED) is 0.904. The highest BCUT2D eigenvalue weighted by atomic mass is 16.5. The molecule has 1 aliphatic rings. The highest BCUT2D eigenvalue weighted by Gasteiger charge is 2.22. The Kier molecular flexibility index (Phi) is 3.28. The summed E-state index contributed by atoms with van der Waals surface area (Å²) in [5.74, 6) is 1.19. The van der Waals surface area contributed by atoms with E-state index in [1.165, 1.54) is 31.2 Å². The Morgan fingerprint density at radius 3 is 2.58 bits per heavy atom. The fourth-order valence-corrected chi connectivity index (χ4v) is 2.99. The van der Waals surface area contributed by atoms with Gasteiger partial charge in [0.2, 0.25) is 5.88 Å². The molecule has 0 spiro atoms. The van der Waals surface area contributed by atoms with Gasteiger partial charge in [-0.15, -0.1) is 0 Å². The minimum absolute atomic E-state index is 0.442. The minimum atomic E-state index is 0.442. The van der Waals surface area contributed by atoms with E-state index in [1.807, 2.05) is 0 Å². The summed E-state index contributed by atoms with van der Waals surface area (Å²) in [6, 6.07) is 8.38. The van der Waals surface area contributed by atoms with Crippen molar-refractivity contribution >= 4 is 5.88 Å². The first kappa shape index (κ1) is 12.3.